The first-order valence-corrected chi connectivity index (χ1v) is 7.45. The van der Waals surface area contributed by atoms with Gasteiger partial charge in [-0.2, -0.15) is 0 Å². The first-order valence-electron chi connectivity index (χ1n) is 6.66. The Hall–Kier alpha value is -1.32. The fraction of sp³-hybridized carbons (Fsp3) is 0.294. The van der Waals surface area contributed by atoms with Crippen molar-refractivity contribution < 1.29 is 4.74 Å². The van der Waals surface area contributed by atoms with Gasteiger partial charge in [-0.15, -0.1) is 0 Å². The molecule has 2 aromatic rings. The molecule has 0 aromatic heterocycles. The molecule has 3 heteroatoms. The van der Waals surface area contributed by atoms with Gasteiger partial charge < -0.3 is 10.5 Å². The molecule has 0 fully saturated rings. The molecule has 2 N–H and O–H groups in total. The summed E-state index contributed by atoms with van der Waals surface area (Å²) in [7, 11) is 1.68. The summed E-state index contributed by atoms with van der Waals surface area (Å²) in [6, 6.07) is 12.4. The quantitative estimate of drug-likeness (QED) is 0.904. The van der Waals surface area contributed by atoms with Gasteiger partial charge in [0, 0.05) is 16.1 Å². The SMILES string of the molecule is COc1cc(Br)ccc1C(N)Cc1cc(C)ccc1C. The average Bonchev–Trinajstić information content (AvgIpc) is 2.42. The van der Waals surface area contributed by atoms with Crippen LogP contribution >= 0.6 is 15.9 Å². The van der Waals surface area contributed by atoms with Crippen LogP contribution in [0.5, 0.6) is 5.75 Å². The standard InChI is InChI=1S/C17H20BrNO/c1-11-4-5-12(2)13(8-11)9-16(19)15-7-6-14(18)10-17(15)20-3/h4-8,10,16H,9,19H2,1-3H3. The highest BCUT2D eigenvalue weighted by Crippen LogP contribution is 2.29. The van der Waals surface area contributed by atoms with Crippen molar-refractivity contribution in [3.63, 3.8) is 0 Å². The van der Waals surface area contributed by atoms with E-state index in [4.69, 9.17) is 10.5 Å². The number of aryl methyl sites for hydroxylation is 2. The van der Waals surface area contributed by atoms with Crippen LogP contribution in [0.4, 0.5) is 0 Å². The second-order valence-electron chi connectivity index (χ2n) is 5.13. The molecule has 0 spiro atoms. The molecule has 0 radical (unpaired) electrons. The monoisotopic (exact) mass is 333 g/mol. The van der Waals surface area contributed by atoms with Crippen LogP contribution in [0.1, 0.15) is 28.3 Å². The lowest BCUT2D eigenvalue weighted by molar-refractivity contribution is 0.405. The van der Waals surface area contributed by atoms with Crippen molar-refractivity contribution in [2.45, 2.75) is 26.3 Å². The largest absolute Gasteiger partial charge is 0.496 e. The molecule has 0 heterocycles. The van der Waals surface area contributed by atoms with Crippen molar-refractivity contribution >= 4 is 15.9 Å². The molecule has 1 unspecified atom stereocenters. The third-order valence-electron chi connectivity index (χ3n) is 3.54. The molecule has 0 aliphatic heterocycles. The van der Waals surface area contributed by atoms with Gasteiger partial charge in [0.1, 0.15) is 5.75 Å². The molecule has 1 atom stereocenters. The highest BCUT2D eigenvalue weighted by atomic mass is 79.9. The zero-order chi connectivity index (χ0) is 14.7. The molecule has 0 bridgehead atoms. The number of nitrogens with two attached hydrogens (primary N) is 1. The summed E-state index contributed by atoms with van der Waals surface area (Å²) in [6.07, 6.45) is 0.811. The predicted octanol–water partition coefficient (Wildman–Crippen LogP) is 4.32. The van der Waals surface area contributed by atoms with Gasteiger partial charge in [0.25, 0.3) is 0 Å². The Morgan fingerprint density at radius 2 is 1.90 bits per heavy atom. The Morgan fingerprint density at radius 3 is 2.60 bits per heavy atom. The fourth-order valence-electron chi connectivity index (χ4n) is 2.36. The topological polar surface area (TPSA) is 35.2 Å². The lowest BCUT2D eigenvalue weighted by atomic mass is 9.95. The van der Waals surface area contributed by atoms with E-state index in [0.717, 1.165) is 22.2 Å². The average molecular weight is 334 g/mol. The predicted molar refractivity (Wildman–Crippen MR) is 87.2 cm³/mol. The third kappa shape index (κ3) is 3.41. The summed E-state index contributed by atoms with van der Waals surface area (Å²) in [4.78, 5) is 0. The minimum absolute atomic E-state index is 0.0708. The van der Waals surface area contributed by atoms with Crippen LogP contribution in [0.25, 0.3) is 0 Å². The zero-order valence-electron chi connectivity index (χ0n) is 12.1. The van der Waals surface area contributed by atoms with Crippen LogP contribution in [0.3, 0.4) is 0 Å². The van der Waals surface area contributed by atoms with Gasteiger partial charge in [-0.3, -0.25) is 0 Å². The van der Waals surface area contributed by atoms with E-state index >= 15 is 0 Å². The van der Waals surface area contributed by atoms with Gasteiger partial charge in [0.15, 0.2) is 0 Å². The van der Waals surface area contributed by atoms with Crippen molar-refractivity contribution in [2.75, 3.05) is 7.11 Å². The van der Waals surface area contributed by atoms with E-state index in [0.29, 0.717) is 0 Å². The fourth-order valence-corrected chi connectivity index (χ4v) is 2.70. The smallest absolute Gasteiger partial charge is 0.124 e. The zero-order valence-corrected chi connectivity index (χ0v) is 13.7. The minimum Gasteiger partial charge on any atom is -0.496 e. The number of halogens is 1. The summed E-state index contributed by atoms with van der Waals surface area (Å²) < 4.78 is 6.43. The summed E-state index contributed by atoms with van der Waals surface area (Å²) in [5.74, 6) is 0.831. The molecule has 0 saturated carbocycles. The van der Waals surface area contributed by atoms with Crippen LogP contribution in [0.2, 0.25) is 0 Å². The molecule has 0 amide bonds. The Kier molecular flexibility index (Phi) is 4.84. The number of hydrogen-bond donors (Lipinski definition) is 1. The second-order valence-corrected chi connectivity index (χ2v) is 6.04. The van der Waals surface area contributed by atoms with Crippen LogP contribution < -0.4 is 10.5 Å². The van der Waals surface area contributed by atoms with Crippen molar-refractivity contribution in [3.05, 3.63) is 63.1 Å². The van der Waals surface area contributed by atoms with E-state index in [-0.39, 0.29) is 6.04 Å². The van der Waals surface area contributed by atoms with Crippen molar-refractivity contribution in [3.8, 4) is 5.75 Å². The molecule has 0 saturated heterocycles. The highest BCUT2D eigenvalue weighted by Gasteiger charge is 2.14. The first kappa shape index (κ1) is 15.1. The van der Waals surface area contributed by atoms with Crippen molar-refractivity contribution in [2.24, 2.45) is 5.73 Å². The van der Waals surface area contributed by atoms with Crippen molar-refractivity contribution in [1.29, 1.82) is 0 Å². The van der Waals surface area contributed by atoms with Gasteiger partial charge >= 0.3 is 0 Å². The molecule has 20 heavy (non-hydrogen) atoms. The van der Waals surface area contributed by atoms with E-state index in [2.05, 4.69) is 48.0 Å². The van der Waals surface area contributed by atoms with Gasteiger partial charge in [-0.25, -0.2) is 0 Å². The molecule has 2 rings (SSSR count). The number of benzene rings is 2. The minimum atomic E-state index is -0.0708. The lowest BCUT2D eigenvalue weighted by Gasteiger charge is -2.17. The van der Waals surface area contributed by atoms with Gasteiger partial charge in [0.2, 0.25) is 0 Å². The Morgan fingerprint density at radius 1 is 1.15 bits per heavy atom. The summed E-state index contributed by atoms with van der Waals surface area (Å²) in [5.41, 5.74) is 11.3. The summed E-state index contributed by atoms with van der Waals surface area (Å²) in [5, 5.41) is 0. The Bertz CT molecular complexity index is 610. The first-order chi connectivity index (χ1) is 9.51. The number of hydrogen-bond acceptors (Lipinski definition) is 2. The number of rotatable bonds is 4. The maximum absolute atomic E-state index is 6.38. The summed E-state index contributed by atoms with van der Waals surface area (Å²) in [6.45, 7) is 4.23. The maximum Gasteiger partial charge on any atom is 0.124 e. The highest BCUT2D eigenvalue weighted by molar-refractivity contribution is 9.10. The van der Waals surface area contributed by atoms with Crippen molar-refractivity contribution in [1.82, 2.24) is 0 Å². The maximum atomic E-state index is 6.38. The lowest BCUT2D eigenvalue weighted by Crippen LogP contribution is -2.15. The van der Waals surface area contributed by atoms with E-state index < -0.39 is 0 Å². The van der Waals surface area contributed by atoms with Gasteiger partial charge in [-0.05, 0) is 43.5 Å². The molecule has 0 aliphatic carbocycles. The molecular weight excluding hydrogens is 314 g/mol. The van der Waals surface area contributed by atoms with Gasteiger partial charge in [0.05, 0.1) is 7.11 Å². The van der Waals surface area contributed by atoms with Gasteiger partial charge in [-0.1, -0.05) is 45.8 Å². The van der Waals surface area contributed by atoms with Crippen LogP contribution in [0, 0.1) is 13.8 Å². The van der Waals surface area contributed by atoms with E-state index in [9.17, 15) is 0 Å². The Balaban J connectivity index is 2.28. The second kappa shape index (κ2) is 6.42. The Labute approximate surface area is 129 Å². The van der Waals surface area contributed by atoms with Crippen LogP contribution in [-0.2, 0) is 6.42 Å². The summed E-state index contributed by atoms with van der Waals surface area (Å²) >= 11 is 3.45. The van der Waals surface area contributed by atoms with Crippen LogP contribution in [-0.4, -0.2) is 7.11 Å². The number of methoxy groups -OCH3 is 1. The third-order valence-corrected chi connectivity index (χ3v) is 4.03. The normalized spacial score (nSPS) is 12.2. The van der Waals surface area contributed by atoms with E-state index in [1.165, 1.54) is 16.7 Å². The number of ether oxygens (including phenoxy) is 1. The van der Waals surface area contributed by atoms with Crippen LogP contribution in [0.15, 0.2) is 40.9 Å². The van der Waals surface area contributed by atoms with E-state index in [1.54, 1.807) is 7.11 Å². The molecule has 2 nitrogen and oxygen atoms in total. The molecule has 2 aromatic carbocycles. The van der Waals surface area contributed by atoms with E-state index in [1.807, 2.05) is 18.2 Å². The molecule has 0 aliphatic rings. The molecule has 106 valence electrons. The molecular formula is C17H20BrNO.